The number of likely N-dealkylation sites (tertiary alicyclic amines) is 2. The molecule has 2 aliphatic heterocycles. The topological polar surface area (TPSA) is 56.3 Å². The first-order valence-corrected chi connectivity index (χ1v) is 10.9. The molecule has 2 aliphatic rings. The fourth-order valence-electron chi connectivity index (χ4n) is 4.08. The highest BCUT2D eigenvalue weighted by atomic mass is 15.2. The normalized spacial score (nSPS) is 20.9. The van der Waals surface area contributed by atoms with Gasteiger partial charge in [-0.05, 0) is 44.7 Å². The number of rotatable bonds is 7. The van der Waals surface area contributed by atoms with Gasteiger partial charge in [0.2, 0.25) is 5.95 Å². The van der Waals surface area contributed by atoms with E-state index in [4.69, 9.17) is 9.97 Å². The van der Waals surface area contributed by atoms with Crippen LogP contribution in [0, 0.1) is 0 Å². The molecule has 0 amide bonds. The van der Waals surface area contributed by atoms with Crippen LogP contribution in [0.5, 0.6) is 0 Å². The van der Waals surface area contributed by atoms with Crippen molar-refractivity contribution in [1.29, 1.82) is 0 Å². The molecule has 0 aliphatic carbocycles. The van der Waals surface area contributed by atoms with Crippen molar-refractivity contribution < 1.29 is 0 Å². The lowest BCUT2D eigenvalue weighted by atomic mass is 10.0. The Morgan fingerprint density at radius 1 is 0.889 bits per heavy atom. The van der Waals surface area contributed by atoms with Crippen molar-refractivity contribution in [2.45, 2.75) is 71.4 Å². The lowest BCUT2D eigenvalue weighted by Gasteiger charge is -2.32. The molecule has 152 valence electrons. The van der Waals surface area contributed by atoms with Gasteiger partial charge in [-0.3, -0.25) is 0 Å². The lowest BCUT2D eigenvalue weighted by Crippen LogP contribution is -2.39. The van der Waals surface area contributed by atoms with Crippen molar-refractivity contribution in [2.24, 2.45) is 0 Å². The van der Waals surface area contributed by atoms with E-state index in [-0.39, 0.29) is 0 Å². The van der Waals surface area contributed by atoms with E-state index >= 15 is 0 Å². The molecule has 0 saturated carbocycles. The van der Waals surface area contributed by atoms with Crippen molar-refractivity contribution in [3.05, 3.63) is 11.8 Å². The van der Waals surface area contributed by atoms with E-state index in [1.54, 1.807) is 0 Å². The van der Waals surface area contributed by atoms with Crippen LogP contribution in [-0.4, -0.2) is 71.1 Å². The predicted octanol–water partition coefficient (Wildman–Crippen LogP) is 3.39. The molecule has 3 heterocycles. The van der Waals surface area contributed by atoms with Gasteiger partial charge < -0.3 is 20.4 Å². The van der Waals surface area contributed by atoms with Gasteiger partial charge >= 0.3 is 0 Å². The smallest absolute Gasteiger partial charge is 0.225 e. The Morgan fingerprint density at radius 3 is 1.89 bits per heavy atom. The van der Waals surface area contributed by atoms with Crippen LogP contribution in [0.4, 0.5) is 11.8 Å². The molecule has 0 spiro atoms. The number of anilines is 2. The fourth-order valence-corrected chi connectivity index (χ4v) is 4.08. The SMILES string of the molecule is CCN1CCC(Nc2cc(C(C)C)nc(NC3CCN(CC)CC3)n2)CC1. The van der Waals surface area contributed by atoms with Crippen molar-refractivity contribution >= 4 is 11.8 Å². The van der Waals surface area contributed by atoms with Gasteiger partial charge in [-0.1, -0.05) is 27.7 Å². The molecule has 2 N–H and O–H groups in total. The molecule has 0 aromatic carbocycles. The second-order valence-electron chi connectivity index (χ2n) is 8.36. The maximum Gasteiger partial charge on any atom is 0.225 e. The molecule has 27 heavy (non-hydrogen) atoms. The van der Waals surface area contributed by atoms with Crippen LogP contribution in [0.25, 0.3) is 0 Å². The third kappa shape index (κ3) is 5.79. The summed E-state index contributed by atoms with van der Waals surface area (Å²) in [5, 5.41) is 7.31. The number of aromatic nitrogens is 2. The van der Waals surface area contributed by atoms with Crippen LogP contribution < -0.4 is 10.6 Å². The molecular weight excluding hydrogens is 336 g/mol. The van der Waals surface area contributed by atoms with E-state index in [9.17, 15) is 0 Å². The minimum atomic E-state index is 0.401. The number of hydrogen-bond acceptors (Lipinski definition) is 6. The summed E-state index contributed by atoms with van der Waals surface area (Å²) in [6.07, 6.45) is 4.71. The van der Waals surface area contributed by atoms with Gasteiger partial charge in [0.1, 0.15) is 5.82 Å². The van der Waals surface area contributed by atoms with Crippen molar-refractivity contribution in [3.8, 4) is 0 Å². The van der Waals surface area contributed by atoms with E-state index in [1.807, 2.05) is 0 Å². The minimum absolute atomic E-state index is 0.401. The van der Waals surface area contributed by atoms with Gasteiger partial charge in [-0.15, -0.1) is 0 Å². The standard InChI is InChI=1S/C21H38N6/c1-5-26-11-7-17(8-12-26)22-20-15-19(16(3)4)24-21(25-20)23-18-9-13-27(6-2)14-10-18/h15-18H,5-14H2,1-4H3,(H2,22,23,24,25). The van der Waals surface area contributed by atoms with E-state index in [1.165, 1.54) is 51.9 Å². The van der Waals surface area contributed by atoms with Crippen LogP contribution in [0.2, 0.25) is 0 Å². The zero-order chi connectivity index (χ0) is 19.2. The summed E-state index contributed by atoms with van der Waals surface area (Å²) in [4.78, 5) is 14.7. The van der Waals surface area contributed by atoms with E-state index < -0.39 is 0 Å². The summed E-state index contributed by atoms with van der Waals surface area (Å²) in [6.45, 7) is 15.9. The molecule has 0 radical (unpaired) electrons. The van der Waals surface area contributed by atoms with Gasteiger partial charge in [0.15, 0.2) is 0 Å². The first kappa shape index (κ1) is 20.3. The quantitative estimate of drug-likeness (QED) is 0.763. The maximum absolute atomic E-state index is 4.82. The summed E-state index contributed by atoms with van der Waals surface area (Å²) in [6, 6.07) is 3.14. The highest BCUT2D eigenvalue weighted by Crippen LogP contribution is 2.22. The van der Waals surface area contributed by atoms with Gasteiger partial charge in [0.25, 0.3) is 0 Å². The van der Waals surface area contributed by atoms with E-state index in [0.29, 0.717) is 18.0 Å². The second kappa shape index (κ2) is 9.69. The summed E-state index contributed by atoms with van der Waals surface area (Å²) < 4.78 is 0. The summed E-state index contributed by atoms with van der Waals surface area (Å²) in [7, 11) is 0. The Balaban J connectivity index is 1.64. The third-order valence-electron chi connectivity index (χ3n) is 6.09. The van der Waals surface area contributed by atoms with Crippen molar-refractivity contribution in [2.75, 3.05) is 49.9 Å². The first-order chi connectivity index (χ1) is 13.1. The zero-order valence-corrected chi connectivity index (χ0v) is 17.7. The Morgan fingerprint density at radius 2 is 1.41 bits per heavy atom. The summed E-state index contributed by atoms with van der Waals surface area (Å²) >= 11 is 0. The summed E-state index contributed by atoms with van der Waals surface area (Å²) in [5.74, 6) is 2.18. The zero-order valence-electron chi connectivity index (χ0n) is 17.7. The van der Waals surface area contributed by atoms with E-state index in [2.05, 4.69) is 54.2 Å². The molecule has 1 aromatic heterocycles. The highest BCUT2D eigenvalue weighted by Gasteiger charge is 2.21. The molecule has 2 fully saturated rings. The molecule has 0 bridgehead atoms. The number of nitrogens with one attached hydrogen (secondary N) is 2. The van der Waals surface area contributed by atoms with Crippen LogP contribution in [0.3, 0.4) is 0 Å². The Kier molecular flexibility index (Phi) is 7.30. The van der Waals surface area contributed by atoms with Gasteiger partial charge in [-0.2, -0.15) is 4.98 Å². The molecule has 1 aromatic rings. The molecule has 0 atom stereocenters. The van der Waals surface area contributed by atoms with Gasteiger partial charge in [0, 0.05) is 44.3 Å². The number of hydrogen-bond donors (Lipinski definition) is 2. The largest absolute Gasteiger partial charge is 0.367 e. The average molecular weight is 375 g/mol. The molecule has 6 nitrogen and oxygen atoms in total. The van der Waals surface area contributed by atoms with Crippen LogP contribution in [-0.2, 0) is 0 Å². The van der Waals surface area contributed by atoms with Crippen molar-refractivity contribution in [1.82, 2.24) is 19.8 Å². The van der Waals surface area contributed by atoms with E-state index in [0.717, 1.165) is 30.5 Å². The van der Waals surface area contributed by atoms with Gasteiger partial charge in [-0.25, -0.2) is 4.98 Å². The Hall–Kier alpha value is -1.40. The van der Waals surface area contributed by atoms with Gasteiger partial charge in [0.05, 0.1) is 5.69 Å². The molecule has 6 heteroatoms. The van der Waals surface area contributed by atoms with Crippen molar-refractivity contribution in [3.63, 3.8) is 0 Å². The molecule has 2 saturated heterocycles. The minimum Gasteiger partial charge on any atom is -0.367 e. The molecule has 3 rings (SSSR count). The maximum atomic E-state index is 4.82. The Bertz CT molecular complexity index is 530. The monoisotopic (exact) mass is 374 g/mol. The highest BCUT2D eigenvalue weighted by molar-refractivity contribution is 5.44. The first-order valence-electron chi connectivity index (χ1n) is 10.9. The van der Waals surface area contributed by atoms with Crippen LogP contribution in [0.1, 0.15) is 65.0 Å². The summed E-state index contributed by atoms with van der Waals surface area (Å²) in [5.41, 5.74) is 1.12. The second-order valence-corrected chi connectivity index (χ2v) is 8.36. The molecular formula is C21H38N6. The average Bonchev–Trinajstić information content (AvgIpc) is 2.69. The van der Waals surface area contributed by atoms with Crippen LogP contribution >= 0.6 is 0 Å². The van der Waals surface area contributed by atoms with Crippen LogP contribution in [0.15, 0.2) is 6.07 Å². The lowest BCUT2D eigenvalue weighted by molar-refractivity contribution is 0.229. The predicted molar refractivity (Wildman–Crippen MR) is 114 cm³/mol. The number of nitrogens with zero attached hydrogens (tertiary/aromatic N) is 4. The Labute approximate surface area is 165 Å². The third-order valence-corrected chi connectivity index (χ3v) is 6.09. The fraction of sp³-hybridized carbons (Fsp3) is 0.810. The number of piperidine rings is 2. The molecule has 0 unspecified atom stereocenters.